The van der Waals surface area contributed by atoms with Gasteiger partial charge in [0.25, 0.3) is 0 Å². The van der Waals surface area contributed by atoms with Gasteiger partial charge in [0.15, 0.2) is 0 Å². The van der Waals surface area contributed by atoms with E-state index in [4.69, 9.17) is 0 Å². The number of anilines is 6. The number of hydrogen-bond donors (Lipinski definition) is 0. The van der Waals surface area contributed by atoms with Crippen molar-refractivity contribution in [2.24, 2.45) is 0 Å². The number of rotatable bonds is 8. The Balaban J connectivity index is 1.23. The van der Waals surface area contributed by atoms with Crippen LogP contribution >= 0.6 is 0 Å². The molecule has 10 aromatic carbocycles. The Hall–Kier alpha value is -7.16. The van der Waals surface area contributed by atoms with E-state index in [1.165, 1.54) is 88.2 Å². The van der Waals surface area contributed by atoms with E-state index in [0.29, 0.717) is 0 Å². The van der Waals surface area contributed by atoms with E-state index < -0.39 is 0 Å². The zero-order chi connectivity index (χ0) is 39.3. The van der Waals surface area contributed by atoms with Crippen LogP contribution in [0.15, 0.2) is 194 Å². The van der Waals surface area contributed by atoms with Crippen molar-refractivity contribution < 1.29 is 0 Å². The number of nitrogens with zero attached hydrogens (tertiary/aromatic N) is 2. The van der Waals surface area contributed by atoms with Gasteiger partial charge in [0, 0.05) is 33.5 Å². The minimum absolute atomic E-state index is 1.14. The van der Waals surface area contributed by atoms with Gasteiger partial charge < -0.3 is 9.80 Å². The third-order valence-corrected chi connectivity index (χ3v) is 11.9. The van der Waals surface area contributed by atoms with Crippen LogP contribution in [0.25, 0.3) is 54.6 Å². The summed E-state index contributed by atoms with van der Waals surface area (Å²) in [6.07, 6.45) is 0. The average Bonchev–Trinajstić information content (AvgIpc) is 3.25. The second-order valence-corrected chi connectivity index (χ2v) is 15.6. The van der Waals surface area contributed by atoms with Crippen molar-refractivity contribution in [3.63, 3.8) is 0 Å². The topological polar surface area (TPSA) is 6.48 Å². The molecule has 0 radical (unpaired) electrons. The molecule has 0 atom stereocenters. The lowest BCUT2D eigenvalue weighted by atomic mass is 9.91. The average molecular weight is 745 g/mol. The Morgan fingerprint density at radius 2 is 0.707 bits per heavy atom. The van der Waals surface area contributed by atoms with Crippen LogP contribution in [0.1, 0.15) is 22.3 Å². The van der Waals surface area contributed by atoms with Gasteiger partial charge in [-0.3, -0.25) is 0 Å². The van der Waals surface area contributed by atoms with Gasteiger partial charge >= 0.3 is 0 Å². The summed E-state index contributed by atoms with van der Waals surface area (Å²) >= 11 is 0. The van der Waals surface area contributed by atoms with E-state index in [9.17, 15) is 0 Å². The summed E-state index contributed by atoms with van der Waals surface area (Å²) < 4.78 is 0. The van der Waals surface area contributed by atoms with Crippen LogP contribution in [-0.2, 0) is 0 Å². The molecule has 58 heavy (non-hydrogen) atoms. The molecule has 2 heteroatoms. The van der Waals surface area contributed by atoms with Crippen LogP contribution in [0.5, 0.6) is 0 Å². The Kier molecular flexibility index (Phi) is 8.76. The van der Waals surface area contributed by atoms with E-state index in [-0.39, 0.29) is 0 Å². The second kappa shape index (κ2) is 14.4. The first-order valence-electron chi connectivity index (χ1n) is 20.2. The van der Waals surface area contributed by atoms with Gasteiger partial charge in [-0.2, -0.15) is 0 Å². The zero-order valence-electron chi connectivity index (χ0n) is 33.4. The zero-order valence-corrected chi connectivity index (χ0v) is 33.4. The fourth-order valence-corrected chi connectivity index (χ4v) is 9.10. The molecule has 0 saturated carbocycles. The molecule has 0 aromatic heterocycles. The summed E-state index contributed by atoms with van der Waals surface area (Å²) in [5, 5.41) is 7.48. The molecule has 0 spiro atoms. The molecule has 0 heterocycles. The number of benzene rings is 10. The van der Waals surface area contributed by atoms with Crippen LogP contribution in [-0.4, -0.2) is 0 Å². The van der Waals surface area contributed by atoms with Gasteiger partial charge in [0.2, 0.25) is 0 Å². The summed E-state index contributed by atoms with van der Waals surface area (Å²) in [6, 6.07) is 71.2. The first-order valence-corrected chi connectivity index (χ1v) is 20.2. The highest BCUT2D eigenvalue weighted by Gasteiger charge is 2.24. The molecule has 0 bridgehead atoms. The first kappa shape index (κ1) is 35.3. The fraction of sp³-hybridized carbons (Fsp3) is 0.0714. The van der Waals surface area contributed by atoms with Crippen molar-refractivity contribution in [1.29, 1.82) is 0 Å². The first-order chi connectivity index (χ1) is 28.4. The highest BCUT2D eigenvalue weighted by Crippen LogP contribution is 2.49. The van der Waals surface area contributed by atoms with Gasteiger partial charge in [-0.05, 0) is 142 Å². The van der Waals surface area contributed by atoms with Crippen molar-refractivity contribution in [3.05, 3.63) is 216 Å². The van der Waals surface area contributed by atoms with Crippen molar-refractivity contribution in [1.82, 2.24) is 0 Å². The largest absolute Gasteiger partial charge is 0.310 e. The van der Waals surface area contributed by atoms with E-state index in [2.05, 4.69) is 232 Å². The molecule has 10 aromatic rings. The highest BCUT2D eigenvalue weighted by molar-refractivity contribution is 6.28. The van der Waals surface area contributed by atoms with Crippen LogP contribution in [0, 0.1) is 27.7 Å². The monoisotopic (exact) mass is 744 g/mol. The molecule has 2 nitrogen and oxygen atoms in total. The maximum absolute atomic E-state index is 2.47. The number of aryl methyl sites for hydroxylation is 2. The minimum atomic E-state index is 1.14. The standard InChI is InChI=1S/C56H44N2/c1-37-15-11-21-45(35-37)57(51-25-13-23-47(39(51)3)41-17-7-5-8-18-41)53-33-29-43-28-32-50-54(34-30-44-27-31-49(53)55(43)56(44)50)58(46-22-12-16-38(2)36-46)52-26-14-24-48(40(52)4)42-19-9-6-10-20-42/h5-36H,1-4H3. The third kappa shape index (κ3) is 5.97. The van der Waals surface area contributed by atoms with Crippen LogP contribution in [0.4, 0.5) is 34.1 Å². The molecule has 0 aliphatic heterocycles. The van der Waals surface area contributed by atoms with E-state index >= 15 is 0 Å². The molecule has 0 aliphatic carbocycles. The predicted octanol–water partition coefficient (Wildman–Crippen LogP) is 16.1. The van der Waals surface area contributed by atoms with Gasteiger partial charge in [-0.15, -0.1) is 0 Å². The predicted molar refractivity (Wildman–Crippen MR) is 249 cm³/mol. The lowest BCUT2D eigenvalue weighted by molar-refractivity contribution is 1.25. The summed E-state index contributed by atoms with van der Waals surface area (Å²) in [5.74, 6) is 0. The molecule has 0 aliphatic rings. The third-order valence-electron chi connectivity index (χ3n) is 11.9. The summed E-state index contributed by atoms with van der Waals surface area (Å²) in [5.41, 5.74) is 16.8. The molecule has 278 valence electrons. The van der Waals surface area contributed by atoms with E-state index in [0.717, 1.165) is 22.7 Å². The van der Waals surface area contributed by atoms with Crippen molar-refractivity contribution >= 4 is 66.4 Å². The molecule has 0 amide bonds. The van der Waals surface area contributed by atoms with E-state index in [1.807, 2.05) is 0 Å². The Morgan fingerprint density at radius 1 is 0.310 bits per heavy atom. The molecule has 0 unspecified atom stereocenters. The van der Waals surface area contributed by atoms with E-state index in [1.54, 1.807) is 0 Å². The van der Waals surface area contributed by atoms with Gasteiger partial charge in [0.05, 0.1) is 11.4 Å². The molecular weight excluding hydrogens is 701 g/mol. The Labute approximate surface area is 341 Å². The second-order valence-electron chi connectivity index (χ2n) is 15.6. The molecule has 0 saturated heterocycles. The summed E-state index contributed by atoms with van der Waals surface area (Å²) in [4.78, 5) is 4.94. The lowest BCUT2D eigenvalue weighted by Crippen LogP contribution is -2.13. The molecule has 10 rings (SSSR count). The highest BCUT2D eigenvalue weighted by atomic mass is 15.2. The summed E-state index contributed by atoms with van der Waals surface area (Å²) in [7, 11) is 0. The van der Waals surface area contributed by atoms with Crippen molar-refractivity contribution in [2.75, 3.05) is 9.80 Å². The van der Waals surface area contributed by atoms with Crippen molar-refractivity contribution in [2.45, 2.75) is 27.7 Å². The normalized spacial score (nSPS) is 11.4. The Bertz CT molecular complexity index is 2900. The van der Waals surface area contributed by atoms with Gasteiger partial charge in [-0.1, -0.05) is 146 Å². The smallest absolute Gasteiger partial charge is 0.0540 e. The van der Waals surface area contributed by atoms with Crippen LogP contribution < -0.4 is 9.80 Å². The quantitative estimate of drug-likeness (QED) is 0.143. The van der Waals surface area contributed by atoms with Gasteiger partial charge in [0.1, 0.15) is 0 Å². The maximum Gasteiger partial charge on any atom is 0.0540 e. The van der Waals surface area contributed by atoms with Crippen LogP contribution in [0.2, 0.25) is 0 Å². The summed E-state index contributed by atoms with van der Waals surface area (Å²) in [6.45, 7) is 8.88. The van der Waals surface area contributed by atoms with Crippen molar-refractivity contribution in [3.8, 4) is 22.3 Å². The molecular formula is C56H44N2. The minimum Gasteiger partial charge on any atom is -0.310 e. The Morgan fingerprint density at radius 3 is 1.12 bits per heavy atom. The SMILES string of the molecule is Cc1cccc(N(c2cccc(-c3ccccc3)c2C)c2ccc3ccc4c(N(c5cccc(C)c5)c5cccc(-c6ccccc6)c5C)ccc5ccc2c3c54)c1. The van der Waals surface area contributed by atoms with Gasteiger partial charge in [-0.25, -0.2) is 0 Å². The molecule has 0 N–H and O–H groups in total. The van der Waals surface area contributed by atoms with Crippen LogP contribution in [0.3, 0.4) is 0 Å². The molecule has 0 fully saturated rings. The maximum atomic E-state index is 2.47. The fourth-order valence-electron chi connectivity index (χ4n) is 9.10. The lowest BCUT2D eigenvalue weighted by Gasteiger charge is -2.31. The number of hydrogen-bond acceptors (Lipinski definition) is 2.